The molecule has 0 aliphatic rings. The summed E-state index contributed by atoms with van der Waals surface area (Å²) in [5, 5.41) is 4.22. The Balaban J connectivity index is 2.16. The van der Waals surface area contributed by atoms with Crippen LogP contribution < -0.4 is 11.2 Å². The van der Waals surface area contributed by atoms with Gasteiger partial charge in [0.05, 0.1) is 11.9 Å². The molecule has 0 atom stereocenters. The maximum Gasteiger partial charge on any atom is 0.124 e. The summed E-state index contributed by atoms with van der Waals surface area (Å²) >= 11 is 3.18. The number of allylic oxidation sites excluding steroid dienone is 2. The van der Waals surface area contributed by atoms with E-state index in [1.165, 1.54) is 5.70 Å². The van der Waals surface area contributed by atoms with Gasteiger partial charge in [-0.1, -0.05) is 65.8 Å². The predicted molar refractivity (Wildman–Crippen MR) is 149 cm³/mol. The molecule has 0 fully saturated rings. The Morgan fingerprint density at radius 2 is 1.97 bits per heavy atom. The van der Waals surface area contributed by atoms with E-state index in [1.807, 2.05) is 54.9 Å². The van der Waals surface area contributed by atoms with Crippen molar-refractivity contribution in [3.63, 3.8) is 0 Å². The molecule has 6 nitrogen and oxygen atoms in total. The summed E-state index contributed by atoms with van der Waals surface area (Å²) in [5.74, 6) is 0.405. The molecule has 180 valence electrons. The number of rotatable bonds is 13. The molecule has 2 rings (SSSR count). The minimum atomic E-state index is 0.405. The van der Waals surface area contributed by atoms with Gasteiger partial charge in [0.15, 0.2) is 0 Å². The SMILES string of the molecule is C=C(CC)N(CC)CCCC(C)=N/C=C(/C=N\N/C(N)=C/Br)c1ccc(-c2ccccc2)nc1. The molecule has 0 saturated carbocycles. The largest absolute Gasteiger partial charge is 0.384 e. The van der Waals surface area contributed by atoms with Crippen molar-refractivity contribution < 1.29 is 0 Å². The molecule has 3 N–H and O–H groups in total. The van der Waals surface area contributed by atoms with Crippen LogP contribution in [0.15, 0.2) is 88.0 Å². The molecule has 1 aromatic carbocycles. The smallest absolute Gasteiger partial charge is 0.124 e. The van der Waals surface area contributed by atoms with Crippen LogP contribution in [0.1, 0.15) is 45.6 Å². The van der Waals surface area contributed by atoms with E-state index in [1.54, 1.807) is 11.2 Å². The lowest BCUT2D eigenvalue weighted by molar-refractivity contribution is 0.351. The van der Waals surface area contributed by atoms with Crippen molar-refractivity contribution in [3.05, 3.63) is 83.5 Å². The lowest BCUT2D eigenvalue weighted by atomic mass is 10.1. The molecule has 2 aromatic rings. The van der Waals surface area contributed by atoms with Gasteiger partial charge in [-0.25, -0.2) is 0 Å². The molecular weight excluding hydrogens is 488 g/mol. The number of nitrogens with two attached hydrogens (primary N) is 1. The van der Waals surface area contributed by atoms with Crippen LogP contribution in [0.3, 0.4) is 0 Å². The predicted octanol–water partition coefficient (Wildman–Crippen LogP) is 6.30. The van der Waals surface area contributed by atoms with Crippen LogP contribution >= 0.6 is 15.9 Å². The van der Waals surface area contributed by atoms with E-state index >= 15 is 0 Å². The molecule has 0 aliphatic heterocycles. The van der Waals surface area contributed by atoms with Crippen LogP contribution in [-0.4, -0.2) is 34.9 Å². The Bertz CT molecular complexity index is 1020. The number of aliphatic imine (C=N–C) groups is 1. The van der Waals surface area contributed by atoms with Crippen molar-refractivity contribution in [3.8, 4) is 11.3 Å². The molecule has 0 unspecified atom stereocenters. The Labute approximate surface area is 212 Å². The van der Waals surface area contributed by atoms with Crippen LogP contribution in [0.4, 0.5) is 0 Å². The molecule has 0 amide bonds. The number of nitrogens with one attached hydrogen (secondary N) is 1. The molecule has 0 radical (unpaired) electrons. The average molecular weight is 524 g/mol. The van der Waals surface area contributed by atoms with Gasteiger partial charge in [-0.3, -0.25) is 15.4 Å². The third kappa shape index (κ3) is 8.98. The zero-order chi connectivity index (χ0) is 24.8. The van der Waals surface area contributed by atoms with Crippen LogP contribution in [0.5, 0.6) is 0 Å². The standard InChI is InChI=1S/C27H35BrN6/c1-5-22(4)34(6-2)16-10-11-21(3)30-19-25(20-32-33-27(29)17-28)24-14-15-26(31-18-24)23-12-8-7-9-13-23/h7-9,12-15,17-20,33H,4-6,10-11,16,29H2,1-3H3/b25-19-,27-17+,30-21?,32-20-. The highest BCUT2D eigenvalue weighted by molar-refractivity contribution is 9.11. The first-order valence-electron chi connectivity index (χ1n) is 11.5. The second-order valence-corrected chi connectivity index (χ2v) is 8.24. The Morgan fingerprint density at radius 1 is 1.21 bits per heavy atom. The van der Waals surface area contributed by atoms with E-state index in [0.29, 0.717) is 5.82 Å². The zero-order valence-corrected chi connectivity index (χ0v) is 21.9. The third-order valence-electron chi connectivity index (χ3n) is 5.31. The number of hydrogen-bond acceptors (Lipinski definition) is 6. The van der Waals surface area contributed by atoms with E-state index in [-0.39, 0.29) is 0 Å². The van der Waals surface area contributed by atoms with Gasteiger partial charge in [-0.2, -0.15) is 5.10 Å². The van der Waals surface area contributed by atoms with E-state index in [0.717, 1.165) is 60.5 Å². The third-order valence-corrected chi connectivity index (χ3v) is 5.80. The highest BCUT2D eigenvalue weighted by Crippen LogP contribution is 2.19. The molecule has 7 heteroatoms. The molecule has 1 heterocycles. The van der Waals surface area contributed by atoms with Gasteiger partial charge in [0.1, 0.15) is 5.82 Å². The number of hydrogen-bond donors (Lipinski definition) is 2. The summed E-state index contributed by atoms with van der Waals surface area (Å²) in [6.07, 6.45) is 8.29. The molecule has 34 heavy (non-hydrogen) atoms. The normalized spacial score (nSPS) is 12.8. The topological polar surface area (TPSA) is 78.9 Å². The molecule has 0 bridgehead atoms. The van der Waals surface area contributed by atoms with Gasteiger partial charge < -0.3 is 10.6 Å². The summed E-state index contributed by atoms with van der Waals surface area (Å²) in [7, 11) is 0. The van der Waals surface area contributed by atoms with E-state index in [9.17, 15) is 0 Å². The molecular formula is C27H35BrN6. The maximum absolute atomic E-state index is 5.75. The quantitative estimate of drug-likeness (QED) is 0.238. The number of halogens is 1. The molecule has 0 saturated heterocycles. The molecule has 1 aromatic heterocycles. The van der Waals surface area contributed by atoms with Crippen molar-refractivity contribution in [1.29, 1.82) is 0 Å². The summed E-state index contributed by atoms with van der Waals surface area (Å²) in [6.45, 7) is 12.5. The van der Waals surface area contributed by atoms with Crippen LogP contribution in [0.2, 0.25) is 0 Å². The van der Waals surface area contributed by atoms with Crippen molar-refractivity contribution in [2.24, 2.45) is 15.8 Å². The van der Waals surface area contributed by atoms with E-state index < -0.39 is 0 Å². The number of pyridine rings is 1. The second-order valence-electron chi connectivity index (χ2n) is 7.78. The van der Waals surface area contributed by atoms with Crippen molar-refractivity contribution in [2.75, 3.05) is 13.1 Å². The van der Waals surface area contributed by atoms with Crippen LogP contribution in [0, 0.1) is 0 Å². The van der Waals surface area contributed by atoms with Gasteiger partial charge in [0, 0.05) is 58.6 Å². The first kappa shape index (κ1) is 27.1. The first-order valence-corrected chi connectivity index (χ1v) is 12.4. The summed E-state index contributed by atoms with van der Waals surface area (Å²) in [4.78, 5) is 13.2. The number of aromatic nitrogens is 1. The lowest BCUT2D eigenvalue weighted by Crippen LogP contribution is -2.23. The minimum Gasteiger partial charge on any atom is -0.384 e. The van der Waals surface area contributed by atoms with Gasteiger partial charge in [-0.15, -0.1) is 0 Å². The molecule has 0 spiro atoms. The van der Waals surface area contributed by atoms with Gasteiger partial charge in [0.2, 0.25) is 0 Å². The van der Waals surface area contributed by atoms with E-state index in [2.05, 4.69) is 63.7 Å². The van der Waals surface area contributed by atoms with E-state index in [4.69, 9.17) is 10.7 Å². The second kappa shape index (κ2) is 14.9. The van der Waals surface area contributed by atoms with Gasteiger partial charge in [0.25, 0.3) is 0 Å². The Morgan fingerprint density at radius 3 is 2.59 bits per heavy atom. The fourth-order valence-corrected chi connectivity index (χ4v) is 3.36. The number of nitrogens with zero attached hydrogens (tertiary/aromatic N) is 4. The number of hydrazone groups is 1. The Hall–Kier alpha value is -3.19. The Kier molecular flexibility index (Phi) is 11.8. The summed E-state index contributed by atoms with van der Waals surface area (Å²) < 4.78 is 0. The van der Waals surface area contributed by atoms with Crippen LogP contribution in [0.25, 0.3) is 16.8 Å². The average Bonchev–Trinajstić information content (AvgIpc) is 2.88. The van der Waals surface area contributed by atoms with Crippen molar-refractivity contribution in [1.82, 2.24) is 15.3 Å². The zero-order valence-electron chi connectivity index (χ0n) is 20.3. The highest BCUT2D eigenvalue weighted by Gasteiger charge is 2.05. The fourth-order valence-electron chi connectivity index (χ4n) is 3.26. The minimum absolute atomic E-state index is 0.405. The highest BCUT2D eigenvalue weighted by atomic mass is 79.9. The van der Waals surface area contributed by atoms with Gasteiger partial charge >= 0.3 is 0 Å². The fraction of sp³-hybridized carbons (Fsp3) is 0.296. The summed E-state index contributed by atoms with van der Waals surface area (Å²) in [6, 6.07) is 14.1. The molecule has 0 aliphatic carbocycles. The van der Waals surface area contributed by atoms with Gasteiger partial charge in [-0.05, 0) is 39.2 Å². The van der Waals surface area contributed by atoms with Crippen molar-refractivity contribution in [2.45, 2.75) is 40.0 Å². The maximum atomic E-state index is 5.75. The van der Waals surface area contributed by atoms with Crippen molar-refractivity contribution >= 4 is 33.4 Å². The number of benzene rings is 1. The monoisotopic (exact) mass is 522 g/mol. The lowest BCUT2D eigenvalue weighted by Gasteiger charge is -2.24. The first-order chi connectivity index (χ1) is 16.5. The van der Waals surface area contributed by atoms with Crippen LogP contribution in [-0.2, 0) is 0 Å². The summed E-state index contributed by atoms with van der Waals surface area (Å²) in [5.41, 5.74) is 14.5.